The quantitative estimate of drug-likeness (QED) is 0.736. The van der Waals surface area contributed by atoms with E-state index >= 15 is 0 Å². The molecule has 0 saturated carbocycles. The second-order valence-electron chi connectivity index (χ2n) is 4.11. The lowest BCUT2D eigenvalue weighted by atomic mass is 10.2. The Kier molecular flexibility index (Phi) is 3.55. The van der Waals surface area contributed by atoms with Crippen molar-refractivity contribution in [3.63, 3.8) is 0 Å². The van der Waals surface area contributed by atoms with E-state index in [2.05, 4.69) is 21.4 Å². The molecule has 0 spiro atoms. The number of halogens is 1. The van der Waals surface area contributed by atoms with Gasteiger partial charge in [-0.05, 0) is 26.3 Å². The van der Waals surface area contributed by atoms with Crippen LogP contribution in [0.15, 0.2) is 11.8 Å². The van der Waals surface area contributed by atoms with Crippen molar-refractivity contribution in [3.05, 3.63) is 11.8 Å². The third-order valence-corrected chi connectivity index (χ3v) is 2.27. The number of nitrogens with zero attached hydrogens (tertiary/aromatic N) is 1. The molecule has 1 aliphatic rings. The Bertz CT molecular complexity index is 258. The molecular formula is C9H15BrN2O2. The molecule has 0 aromatic heterocycles. The summed E-state index contributed by atoms with van der Waals surface area (Å²) in [6.45, 7) is 6.22. The van der Waals surface area contributed by atoms with E-state index in [1.807, 2.05) is 20.8 Å². The summed E-state index contributed by atoms with van der Waals surface area (Å²) in [5.74, 6) is 0. The van der Waals surface area contributed by atoms with E-state index in [1.54, 1.807) is 6.20 Å². The Balaban J connectivity index is 2.52. The molecule has 0 aliphatic carbocycles. The summed E-state index contributed by atoms with van der Waals surface area (Å²) in [7, 11) is 0. The van der Waals surface area contributed by atoms with Crippen LogP contribution in [0.1, 0.15) is 20.8 Å². The minimum atomic E-state index is -0.455. The molecular weight excluding hydrogens is 248 g/mol. The second kappa shape index (κ2) is 4.31. The zero-order valence-electron chi connectivity index (χ0n) is 8.63. The predicted octanol–water partition coefficient (Wildman–Crippen LogP) is 2.02. The van der Waals surface area contributed by atoms with Crippen LogP contribution < -0.4 is 5.43 Å². The van der Waals surface area contributed by atoms with E-state index in [1.165, 1.54) is 5.01 Å². The minimum absolute atomic E-state index is 0.367. The highest BCUT2D eigenvalue weighted by Crippen LogP contribution is 2.13. The van der Waals surface area contributed by atoms with Crippen molar-refractivity contribution in [2.45, 2.75) is 26.4 Å². The summed E-state index contributed by atoms with van der Waals surface area (Å²) < 4.78 is 5.18. The highest BCUT2D eigenvalue weighted by molar-refractivity contribution is 9.09. The summed E-state index contributed by atoms with van der Waals surface area (Å²) in [4.78, 5) is 11.5. The fraction of sp³-hybridized carbons (Fsp3) is 0.667. The molecule has 4 nitrogen and oxygen atoms in total. The van der Waals surface area contributed by atoms with Gasteiger partial charge < -0.3 is 4.74 Å². The van der Waals surface area contributed by atoms with Crippen molar-refractivity contribution in [2.75, 3.05) is 11.9 Å². The van der Waals surface area contributed by atoms with Gasteiger partial charge in [0.25, 0.3) is 0 Å². The van der Waals surface area contributed by atoms with Crippen LogP contribution in [0.3, 0.4) is 0 Å². The molecule has 0 bridgehead atoms. The third-order valence-electron chi connectivity index (χ3n) is 1.55. The number of hydrazine groups is 1. The first-order chi connectivity index (χ1) is 6.42. The van der Waals surface area contributed by atoms with Crippen LogP contribution in [0, 0.1) is 0 Å². The summed E-state index contributed by atoms with van der Waals surface area (Å²) in [6.07, 6.45) is 1.39. The molecule has 80 valence electrons. The zero-order chi connectivity index (χ0) is 10.8. The summed E-state index contributed by atoms with van der Waals surface area (Å²) in [5, 5.41) is 2.14. The van der Waals surface area contributed by atoms with Crippen molar-refractivity contribution >= 4 is 22.0 Å². The van der Waals surface area contributed by atoms with Crippen molar-refractivity contribution in [1.29, 1.82) is 0 Å². The minimum Gasteiger partial charge on any atom is -0.442 e. The average molecular weight is 263 g/mol. The van der Waals surface area contributed by atoms with Gasteiger partial charge in [-0.1, -0.05) is 15.9 Å². The molecule has 0 atom stereocenters. The fourth-order valence-corrected chi connectivity index (χ4v) is 1.31. The molecule has 0 unspecified atom stereocenters. The van der Waals surface area contributed by atoms with E-state index in [-0.39, 0.29) is 6.09 Å². The Labute approximate surface area is 92.4 Å². The van der Waals surface area contributed by atoms with Crippen LogP contribution >= 0.6 is 15.9 Å². The monoisotopic (exact) mass is 262 g/mol. The van der Waals surface area contributed by atoms with E-state index < -0.39 is 5.60 Å². The Hall–Kier alpha value is -0.550. The van der Waals surface area contributed by atoms with Crippen molar-refractivity contribution in [2.24, 2.45) is 0 Å². The maximum Gasteiger partial charge on any atom is 0.429 e. The lowest BCUT2D eigenvalue weighted by Crippen LogP contribution is -2.39. The van der Waals surface area contributed by atoms with Crippen LogP contribution in [0.5, 0.6) is 0 Å². The number of carbonyl (C=O) groups is 1. The average Bonchev–Trinajstić information content (AvgIpc) is 2.48. The molecule has 1 rings (SSSR count). The van der Waals surface area contributed by atoms with Crippen LogP contribution in [0.2, 0.25) is 0 Å². The number of hydrogen-bond acceptors (Lipinski definition) is 3. The zero-order valence-corrected chi connectivity index (χ0v) is 10.2. The van der Waals surface area contributed by atoms with E-state index in [9.17, 15) is 4.79 Å². The molecule has 5 heteroatoms. The highest BCUT2D eigenvalue weighted by atomic mass is 79.9. The van der Waals surface area contributed by atoms with Gasteiger partial charge in [0.1, 0.15) is 5.60 Å². The Morgan fingerprint density at radius 1 is 1.71 bits per heavy atom. The van der Waals surface area contributed by atoms with Gasteiger partial charge in [0.05, 0.1) is 0 Å². The predicted molar refractivity (Wildman–Crippen MR) is 58.0 cm³/mol. The van der Waals surface area contributed by atoms with Crippen LogP contribution in [0.25, 0.3) is 0 Å². The first kappa shape index (κ1) is 11.5. The molecule has 1 heterocycles. The lowest BCUT2D eigenvalue weighted by molar-refractivity contribution is 0.0277. The lowest BCUT2D eigenvalue weighted by Gasteiger charge is -2.23. The molecule has 1 aliphatic heterocycles. The molecule has 0 aromatic rings. The molecule has 0 radical (unpaired) electrons. The van der Waals surface area contributed by atoms with E-state index in [4.69, 9.17) is 4.74 Å². The van der Waals surface area contributed by atoms with Crippen molar-refractivity contribution < 1.29 is 9.53 Å². The highest BCUT2D eigenvalue weighted by Gasteiger charge is 2.23. The topological polar surface area (TPSA) is 41.6 Å². The van der Waals surface area contributed by atoms with Gasteiger partial charge in [0.2, 0.25) is 0 Å². The number of amides is 1. The van der Waals surface area contributed by atoms with Gasteiger partial charge in [0.15, 0.2) is 0 Å². The van der Waals surface area contributed by atoms with Crippen LogP contribution in [0.4, 0.5) is 4.79 Å². The number of nitrogens with one attached hydrogen (secondary N) is 1. The first-order valence-corrected chi connectivity index (χ1v) is 5.56. The van der Waals surface area contributed by atoms with Gasteiger partial charge in [-0.25, -0.2) is 15.2 Å². The second-order valence-corrected chi connectivity index (χ2v) is 4.67. The van der Waals surface area contributed by atoms with E-state index in [0.29, 0.717) is 6.54 Å². The third kappa shape index (κ3) is 3.31. The smallest absolute Gasteiger partial charge is 0.429 e. The summed E-state index contributed by atoms with van der Waals surface area (Å²) in [6, 6.07) is 0. The Morgan fingerprint density at radius 3 is 2.79 bits per heavy atom. The fourth-order valence-electron chi connectivity index (χ4n) is 0.971. The SMILES string of the molecule is CC(C)(C)OC(=O)N1C=C(CBr)CN1. The van der Waals surface area contributed by atoms with Gasteiger partial charge in [0, 0.05) is 18.1 Å². The van der Waals surface area contributed by atoms with Gasteiger partial charge >= 0.3 is 6.09 Å². The molecule has 14 heavy (non-hydrogen) atoms. The summed E-state index contributed by atoms with van der Waals surface area (Å²) in [5.41, 5.74) is 3.58. The van der Waals surface area contributed by atoms with Gasteiger partial charge in [-0.2, -0.15) is 0 Å². The summed E-state index contributed by atoms with van der Waals surface area (Å²) >= 11 is 3.33. The first-order valence-electron chi connectivity index (χ1n) is 4.43. The van der Waals surface area contributed by atoms with E-state index in [0.717, 1.165) is 10.9 Å². The maximum atomic E-state index is 11.5. The number of alkyl halides is 1. The largest absolute Gasteiger partial charge is 0.442 e. The van der Waals surface area contributed by atoms with Crippen LogP contribution in [-0.2, 0) is 4.74 Å². The van der Waals surface area contributed by atoms with Gasteiger partial charge in [-0.3, -0.25) is 0 Å². The number of hydrogen-bond donors (Lipinski definition) is 1. The number of ether oxygens (including phenoxy) is 1. The molecule has 1 amide bonds. The van der Waals surface area contributed by atoms with Gasteiger partial charge in [-0.15, -0.1) is 0 Å². The number of rotatable bonds is 1. The molecule has 0 aromatic carbocycles. The Morgan fingerprint density at radius 2 is 2.36 bits per heavy atom. The molecule has 0 saturated heterocycles. The van der Waals surface area contributed by atoms with Crippen molar-refractivity contribution in [1.82, 2.24) is 10.4 Å². The maximum absolute atomic E-state index is 11.5. The molecule has 0 fully saturated rings. The number of carbonyl (C=O) groups excluding carboxylic acids is 1. The normalized spacial score (nSPS) is 16.9. The van der Waals surface area contributed by atoms with Crippen molar-refractivity contribution in [3.8, 4) is 0 Å². The van der Waals surface area contributed by atoms with Crippen LogP contribution in [-0.4, -0.2) is 28.6 Å². The molecule has 1 N–H and O–H groups in total. The standard InChI is InChI=1S/C9H15BrN2O2/c1-9(2,3)14-8(13)12-6-7(4-10)5-11-12/h6,11H,4-5H2,1-3H3.